The molecule has 0 spiro atoms. The molecule has 2 N–H and O–H groups in total. The van der Waals surface area contributed by atoms with E-state index in [9.17, 15) is 8.42 Å². The lowest BCUT2D eigenvalue weighted by atomic mass is 10.2. The van der Waals surface area contributed by atoms with E-state index in [1.807, 2.05) is 13.1 Å². The van der Waals surface area contributed by atoms with Crippen molar-refractivity contribution in [3.8, 4) is 0 Å². The van der Waals surface area contributed by atoms with Crippen molar-refractivity contribution in [3.05, 3.63) is 23.8 Å². The third-order valence-corrected chi connectivity index (χ3v) is 5.36. The maximum atomic E-state index is 12.4. The number of anilines is 1. The molecule has 0 aliphatic carbocycles. The molecule has 2 heterocycles. The van der Waals surface area contributed by atoms with Crippen LogP contribution in [-0.4, -0.2) is 59.3 Å². The van der Waals surface area contributed by atoms with Gasteiger partial charge in [0.05, 0.1) is 17.6 Å². The van der Waals surface area contributed by atoms with Crippen LogP contribution in [0.1, 0.15) is 5.56 Å². The molecule has 1 saturated heterocycles. The highest BCUT2D eigenvalue weighted by Gasteiger charge is 2.22. The number of ether oxygens (including phenoxy) is 1. The van der Waals surface area contributed by atoms with Crippen molar-refractivity contribution in [2.45, 2.75) is 17.4 Å². The van der Waals surface area contributed by atoms with Gasteiger partial charge in [0.2, 0.25) is 10.0 Å². The first-order valence-electron chi connectivity index (χ1n) is 7.21. The Bertz CT molecular complexity index is 618. The molecule has 116 valence electrons. The summed E-state index contributed by atoms with van der Waals surface area (Å²) in [6, 6.07) is 5.24. The number of rotatable bonds is 4. The van der Waals surface area contributed by atoms with Gasteiger partial charge in [0.25, 0.3) is 0 Å². The van der Waals surface area contributed by atoms with Crippen LogP contribution in [0.4, 0.5) is 5.69 Å². The van der Waals surface area contributed by atoms with Gasteiger partial charge < -0.3 is 15.0 Å². The Hall–Kier alpha value is -1.15. The zero-order valence-corrected chi connectivity index (χ0v) is 12.9. The third kappa shape index (κ3) is 3.37. The smallest absolute Gasteiger partial charge is 0.240 e. The Kier molecular flexibility index (Phi) is 4.17. The SMILES string of the molecule is CN1CCOC(CNS(=O)(=O)c2ccc3c(c2)CCN3)C1. The van der Waals surface area contributed by atoms with Crippen LogP contribution in [-0.2, 0) is 21.2 Å². The Morgan fingerprint density at radius 3 is 3.14 bits per heavy atom. The molecule has 1 fully saturated rings. The molecule has 21 heavy (non-hydrogen) atoms. The standard InChI is InChI=1S/C14H21N3O3S/c1-17-6-7-20-12(10-17)9-16-21(18,19)13-2-3-14-11(8-13)4-5-15-14/h2-3,8,12,15-16H,4-7,9-10H2,1H3. The maximum Gasteiger partial charge on any atom is 0.240 e. The third-order valence-electron chi connectivity index (χ3n) is 3.94. The molecule has 6 nitrogen and oxygen atoms in total. The van der Waals surface area contributed by atoms with Gasteiger partial charge in [0, 0.05) is 31.9 Å². The largest absolute Gasteiger partial charge is 0.384 e. The molecule has 0 amide bonds. The molecular weight excluding hydrogens is 290 g/mol. The van der Waals surface area contributed by atoms with Gasteiger partial charge in [-0.1, -0.05) is 0 Å². The normalized spacial score (nSPS) is 22.8. The summed E-state index contributed by atoms with van der Waals surface area (Å²) in [5.74, 6) is 0. The summed E-state index contributed by atoms with van der Waals surface area (Å²) in [5, 5.41) is 3.23. The summed E-state index contributed by atoms with van der Waals surface area (Å²) in [5.41, 5.74) is 2.10. The lowest BCUT2D eigenvalue weighted by molar-refractivity contribution is -0.0156. The number of hydrogen-bond acceptors (Lipinski definition) is 5. The summed E-state index contributed by atoms with van der Waals surface area (Å²) in [6.07, 6.45) is 0.782. The zero-order chi connectivity index (χ0) is 14.9. The molecule has 2 aliphatic rings. The van der Waals surface area contributed by atoms with Crippen molar-refractivity contribution in [1.82, 2.24) is 9.62 Å². The van der Waals surface area contributed by atoms with E-state index >= 15 is 0 Å². The van der Waals surface area contributed by atoms with Crippen molar-refractivity contribution < 1.29 is 13.2 Å². The summed E-state index contributed by atoms with van der Waals surface area (Å²) in [6.45, 7) is 3.46. The molecule has 0 saturated carbocycles. The minimum absolute atomic E-state index is 0.0883. The summed E-state index contributed by atoms with van der Waals surface area (Å²) >= 11 is 0. The second kappa shape index (κ2) is 5.92. The molecule has 1 aromatic rings. The van der Waals surface area contributed by atoms with E-state index in [0.29, 0.717) is 18.0 Å². The fraction of sp³-hybridized carbons (Fsp3) is 0.571. The number of nitrogens with one attached hydrogen (secondary N) is 2. The minimum Gasteiger partial charge on any atom is -0.384 e. The first kappa shape index (κ1) is 14.8. The van der Waals surface area contributed by atoms with Gasteiger partial charge in [0.15, 0.2) is 0 Å². The maximum absolute atomic E-state index is 12.4. The van der Waals surface area contributed by atoms with Gasteiger partial charge in [-0.25, -0.2) is 13.1 Å². The summed E-state index contributed by atoms with van der Waals surface area (Å²) in [4.78, 5) is 2.47. The second-order valence-corrected chi connectivity index (χ2v) is 7.37. The number of morpholine rings is 1. The Balaban J connectivity index is 1.66. The number of benzene rings is 1. The molecule has 1 atom stereocenters. The van der Waals surface area contributed by atoms with Gasteiger partial charge in [-0.05, 0) is 37.2 Å². The predicted molar refractivity (Wildman–Crippen MR) is 81.1 cm³/mol. The predicted octanol–water partition coefficient (Wildman–Crippen LogP) is 0.264. The Morgan fingerprint density at radius 1 is 1.48 bits per heavy atom. The monoisotopic (exact) mass is 311 g/mol. The van der Waals surface area contributed by atoms with E-state index in [-0.39, 0.29) is 6.10 Å². The van der Waals surface area contributed by atoms with Crippen LogP contribution in [0.3, 0.4) is 0 Å². The van der Waals surface area contributed by atoms with E-state index in [1.165, 1.54) is 0 Å². The van der Waals surface area contributed by atoms with E-state index in [2.05, 4.69) is 14.9 Å². The first-order chi connectivity index (χ1) is 10.0. The fourth-order valence-electron chi connectivity index (χ4n) is 2.72. The van der Waals surface area contributed by atoms with E-state index in [1.54, 1.807) is 12.1 Å². The highest BCUT2D eigenvalue weighted by Crippen LogP contribution is 2.24. The molecule has 3 rings (SSSR count). The molecule has 0 bridgehead atoms. The second-order valence-electron chi connectivity index (χ2n) is 5.60. The number of hydrogen-bond donors (Lipinski definition) is 2. The number of fused-ring (bicyclic) bond motifs is 1. The van der Waals surface area contributed by atoms with Crippen LogP contribution in [0, 0.1) is 0 Å². The van der Waals surface area contributed by atoms with Crippen LogP contribution in [0.25, 0.3) is 0 Å². The summed E-state index contributed by atoms with van der Waals surface area (Å²) < 4.78 is 32.9. The average Bonchev–Trinajstić information content (AvgIpc) is 2.93. The van der Waals surface area contributed by atoms with Crippen LogP contribution >= 0.6 is 0 Å². The van der Waals surface area contributed by atoms with Crippen molar-refractivity contribution >= 4 is 15.7 Å². The molecule has 1 aromatic carbocycles. The van der Waals surface area contributed by atoms with E-state index in [0.717, 1.165) is 37.3 Å². The zero-order valence-electron chi connectivity index (χ0n) is 12.1. The highest BCUT2D eigenvalue weighted by molar-refractivity contribution is 7.89. The van der Waals surface area contributed by atoms with Crippen LogP contribution in [0.5, 0.6) is 0 Å². The van der Waals surface area contributed by atoms with Gasteiger partial charge in [-0.2, -0.15) is 0 Å². The van der Waals surface area contributed by atoms with Crippen LogP contribution in [0.2, 0.25) is 0 Å². The van der Waals surface area contributed by atoms with Gasteiger partial charge in [0.1, 0.15) is 0 Å². The van der Waals surface area contributed by atoms with Crippen molar-refractivity contribution in [2.75, 3.05) is 45.2 Å². The quantitative estimate of drug-likeness (QED) is 0.835. The highest BCUT2D eigenvalue weighted by atomic mass is 32.2. The Labute approximate surface area is 125 Å². The first-order valence-corrected chi connectivity index (χ1v) is 8.69. The molecule has 0 radical (unpaired) electrons. The lowest BCUT2D eigenvalue weighted by Gasteiger charge is -2.30. The van der Waals surface area contributed by atoms with Crippen LogP contribution < -0.4 is 10.0 Å². The molecular formula is C14H21N3O3S. The van der Waals surface area contributed by atoms with E-state index < -0.39 is 10.0 Å². The molecule has 1 unspecified atom stereocenters. The Morgan fingerprint density at radius 2 is 2.33 bits per heavy atom. The van der Waals surface area contributed by atoms with Gasteiger partial charge in [-0.3, -0.25) is 0 Å². The topological polar surface area (TPSA) is 70.7 Å². The van der Waals surface area contributed by atoms with Crippen molar-refractivity contribution in [2.24, 2.45) is 0 Å². The van der Waals surface area contributed by atoms with Crippen molar-refractivity contribution in [3.63, 3.8) is 0 Å². The molecule has 0 aromatic heterocycles. The van der Waals surface area contributed by atoms with Crippen molar-refractivity contribution in [1.29, 1.82) is 0 Å². The average molecular weight is 311 g/mol. The van der Waals surface area contributed by atoms with Gasteiger partial charge >= 0.3 is 0 Å². The fourth-order valence-corrected chi connectivity index (χ4v) is 3.84. The van der Waals surface area contributed by atoms with Crippen LogP contribution in [0.15, 0.2) is 23.1 Å². The van der Waals surface area contributed by atoms with Gasteiger partial charge in [-0.15, -0.1) is 0 Å². The number of likely N-dealkylation sites (N-methyl/N-ethyl adjacent to an activating group) is 1. The number of nitrogens with zero attached hydrogens (tertiary/aromatic N) is 1. The summed E-state index contributed by atoms with van der Waals surface area (Å²) in [7, 11) is -1.46. The molecule has 7 heteroatoms. The van der Waals surface area contributed by atoms with E-state index in [4.69, 9.17) is 4.74 Å². The lowest BCUT2D eigenvalue weighted by Crippen LogP contribution is -2.45. The molecule has 2 aliphatic heterocycles. The minimum atomic E-state index is -3.48. The number of sulfonamides is 1.